The van der Waals surface area contributed by atoms with Crippen LogP contribution in [0, 0.1) is 22.7 Å². The molecule has 2 N–H and O–H groups in total. The number of nitrogens with one attached hydrogen (secondary N) is 2. The van der Waals surface area contributed by atoms with Crippen LogP contribution in [0.2, 0.25) is 0 Å². The van der Waals surface area contributed by atoms with E-state index < -0.39 is 0 Å². The molecule has 2 aromatic heterocycles. The van der Waals surface area contributed by atoms with E-state index in [0.717, 1.165) is 5.52 Å². The fourth-order valence-corrected chi connectivity index (χ4v) is 3.45. The second kappa shape index (κ2) is 6.83. The highest BCUT2D eigenvalue weighted by molar-refractivity contribution is 7.10. The molecule has 0 spiro atoms. The minimum Gasteiger partial charge on any atom is -0.388 e. The minimum absolute atomic E-state index is 0.0776. The summed E-state index contributed by atoms with van der Waals surface area (Å²) in [6.07, 6.45) is 3.52. The zero-order valence-electron chi connectivity index (χ0n) is 12.3. The quantitative estimate of drug-likeness (QED) is 0.701. The first-order chi connectivity index (χ1) is 11.3. The van der Waals surface area contributed by atoms with Crippen molar-refractivity contribution in [1.82, 2.24) is 10.3 Å². The van der Waals surface area contributed by atoms with Crippen LogP contribution in [0.5, 0.6) is 0 Å². The maximum Gasteiger partial charge on any atom is 0.145 e. The number of nitriles is 2. The largest absolute Gasteiger partial charge is 0.388 e. The van der Waals surface area contributed by atoms with E-state index in [1.807, 2.05) is 36.5 Å². The summed E-state index contributed by atoms with van der Waals surface area (Å²) in [6, 6.07) is 16.1. The highest BCUT2D eigenvalue weighted by Crippen LogP contribution is 2.32. The Balaban J connectivity index is 1.93. The van der Waals surface area contributed by atoms with Gasteiger partial charge in [0.1, 0.15) is 17.7 Å². The lowest BCUT2D eigenvalue weighted by molar-refractivity contribution is 0.748. The van der Waals surface area contributed by atoms with E-state index in [9.17, 15) is 0 Å². The zero-order valence-corrected chi connectivity index (χ0v) is 13.1. The van der Waals surface area contributed by atoms with Crippen LogP contribution in [-0.4, -0.2) is 11.5 Å². The Morgan fingerprint density at radius 1 is 1.22 bits per heavy atom. The number of aromatic amines is 1. The monoisotopic (exact) mass is 318 g/mol. The fourth-order valence-electron chi connectivity index (χ4n) is 2.60. The molecule has 0 bridgehead atoms. The van der Waals surface area contributed by atoms with Gasteiger partial charge in [-0.25, -0.2) is 0 Å². The molecule has 3 aromatic rings. The van der Waals surface area contributed by atoms with Crippen LogP contribution in [0.3, 0.4) is 0 Å². The third kappa shape index (κ3) is 3.11. The topological polar surface area (TPSA) is 75.4 Å². The first kappa shape index (κ1) is 14.9. The van der Waals surface area contributed by atoms with Crippen LogP contribution >= 0.6 is 11.3 Å². The molecule has 3 rings (SSSR count). The van der Waals surface area contributed by atoms with Gasteiger partial charge in [0.15, 0.2) is 0 Å². The molecular formula is C18H14N4S. The number of para-hydroxylation sites is 1. The molecule has 0 aliphatic rings. The molecule has 112 valence electrons. The van der Waals surface area contributed by atoms with Crippen LogP contribution in [0.15, 0.2) is 59.7 Å². The van der Waals surface area contributed by atoms with Gasteiger partial charge in [-0.15, -0.1) is 11.3 Å². The zero-order chi connectivity index (χ0) is 16.1. The van der Waals surface area contributed by atoms with E-state index in [1.54, 1.807) is 11.3 Å². The van der Waals surface area contributed by atoms with E-state index >= 15 is 0 Å². The second-order valence-corrected chi connectivity index (χ2v) is 6.03. The van der Waals surface area contributed by atoms with E-state index in [4.69, 9.17) is 10.5 Å². The minimum atomic E-state index is 0.0776. The SMILES string of the molecule is N#CC(C#N)=CNC[C@@H](c1cccs1)c1c[nH]c2ccccc12. The summed E-state index contributed by atoms with van der Waals surface area (Å²) >= 11 is 1.70. The van der Waals surface area contributed by atoms with Gasteiger partial charge in [0, 0.05) is 40.6 Å². The molecule has 0 amide bonds. The highest BCUT2D eigenvalue weighted by atomic mass is 32.1. The van der Waals surface area contributed by atoms with Crippen LogP contribution in [-0.2, 0) is 0 Å². The van der Waals surface area contributed by atoms with Crippen LogP contribution in [0.25, 0.3) is 10.9 Å². The first-order valence-electron chi connectivity index (χ1n) is 7.16. The van der Waals surface area contributed by atoms with Crippen LogP contribution in [0.4, 0.5) is 0 Å². The molecule has 0 saturated carbocycles. The summed E-state index contributed by atoms with van der Waals surface area (Å²) in [5, 5.41) is 24.0. The molecule has 1 aromatic carbocycles. The van der Waals surface area contributed by atoms with Gasteiger partial charge >= 0.3 is 0 Å². The number of benzene rings is 1. The molecule has 1 atom stereocenters. The van der Waals surface area contributed by atoms with Gasteiger partial charge in [-0.3, -0.25) is 0 Å². The van der Waals surface area contributed by atoms with Crippen molar-refractivity contribution in [2.24, 2.45) is 0 Å². The summed E-state index contributed by atoms with van der Waals surface area (Å²) in [6.45, 7) is 0.620. The number of aromatic nitrogens is 1. The molecule has 23 heavy (non-hydrogen) atoms. The maximum absolute atomic E-state index is 8.82. The van der Waals surface area contributed by atoms with Gasteiger partial charge in [0.25, 0.3) is 0 Å². The van der Waals surface area contributed by atoms with Crippen LogP contribution in [0.1, 0.15) is 16.4 Å². The van der Waals surface area contributed by atoms with E-state index in [1.165, 1.54) is 22.0 Å². The Bertz CT molecular complexity index is 891. The van der Waals surface area contributed by atoms with Crippen molar-refractivity contribution >= 4 is 22.2 Å². The first-order valence-corrected chi connectivity index (χ1v) is 8.04. The summed E-state index contributed by atoms with van der Waals surface area (Å²) < 4.78 is 0. The Kier molecular flexibility index (Phi) is 4.42. The third-order valence-corrected chi connectivity index (χ3v) is 4.68. The second-order valence-electron chi connectivity index (χ2n) is 5.05. The number of allylic oxidation sites excluding steroid dienone is 1. The van der Waals surface area contributed by atoms with E-state index in [0.29, 0.717) is 6.54 Å². The standard InChI is InChI=1S/C18H14N4S/c19-8-13(9-20)10-21-11-16(18-6-3-7-23-18)15-12-22-17-5-2-1-4-14(15)17/h1-7,10,12,16,21-22H,11H2/t16-/m1/s1. The lowest BCUT2D eigenvalue weighted by atomic mass is 9.97. The summed E-state index contributed by atoms with van der Waals surface area (Å²) in [5.74, 6) is 0.154. The molecule has 0 aliphatic carbocycles. The van der Waals surface area contributed by atoms with Crippen molar-refractivity contribution in [3.63, 3.8) is 0 Å². The number of fused-ring (bicyclic) bond motifs is 1. The molecule has 0 fully saturated rings. The number of H-pyrrole nitrogens is 1. The van der Waals surface area contributed by atoms with Crippen molar-refractivity contribution in [2.45, 2.75) is 5.92 Å². The molecule has 0 aliphatic heterocycles. The van der Waals surface area contributed by atoms with Gasteiger partial charge in [-0.05, 0) is 23.1 Å². The predicted molar refractivity (Wildman–Crippen MR) is 91.8 cm³/mol. The van der Waals surface area contributed by atoms with Crippen molar-refractivity contribution < 1.29 is 0 Å². The van der Waals surface area contributed by atoms with Gasteiger partial charge in [0.2, 0.25) is 0 Å². The molecule has 2 heterocycles. The van der Waals surface area contributed by atoms with Crippen LogP contribution < -0.4 is 5.32 Å². The Morgan fingerprint density at radius 2 is 2.04 bits per heavy atom. The average molecular weight is 318 g/mol. The molecule has 4 nitrogen and oxygen atoms in total. The van der Waals surface area contributed by atoms with E-state index in [2.05, 4.69) is 33.9 Å². The predicted octanol–water partition coefficient (Wildman–Crippen LogP) is 3.88. The molecular weight excluding hydrogens is 304 g/mol. The van der Waals surface area contributed by atoms with Crippen molar-refractivity contribution in [3.05, 3.63) is 70.2 Å². The van der Waals surface area contributed by atoms with E-state index in [-0.39, 0.29) is 11.5 Å². The van der Waals surface area contributed by atoms with Gasteiger partial charge in [0.05, 0.1) is 0 Å². The number of thiophene rings is 1. The average Bonchev–Trinajstić information content (AvgIpc) is 3.25. The molecule has 0 unspecified atom stereocenters. The Labute approximate surface area is 138 Å². The maximum atomic E-state index is 8.82. The summed E-state index contributed by atoms with van der Waals surface area (Å²) in [7, 11) is 0. The molecule has 0 radical (unpaired) electrons. The fraction of sp³-hybridized carbons (Fsp3) is 0.111. The van der Waals surface area contributed by atoms with Gasteiger partial charge in [-0.1, -0.05) is 24.3 Å². The van der Waals surface area contributed by atoms with Crippen molar-refractivity contribution in [1.29, 1.82) is 10.5 Å². The van der Waals surface area contributed by atoms with Gasteiger partial charge < -0.3 is 10.3 Å². The lowest BCUT2D eigenvalue weighted by Crippen LogP contribution is -2.17. The molecule has 0 saturated heterocycles. The smallest absolute Gasteiger partial charge is 0.145 e. The molecule has 5 heteroatoms. The van der Waals surface area contributed by atoms with Crippen molar-refractivity contribution in [3.8, 4) is 12.1 Å². The van der Waals surface area contributed by atoms with Gasteiger partial charge in [-0.2, -0.15) is 10.5 Å². The highest BCUT2D eigenvalue weighted by Gasteiger charge is 2.18. The number of rotatable bonds is 5. The Morgan fingerprint density at radius 3 is 2.78 bits per heavy atom. The Hall–Kier alpha value is -3.02. The number of hydrogen-bond acceptors (Lipinski definition) is 4. The lowest BCUT2D eigenvalue weighted by Gasteiger charge is -2.15. The third-order valence-electron chi connectivity index (χ3n) is 3.69. The van der Waals surface area contributed by atoms with Crippen molar-refractivity contribution in [2.75, 3.05) is 6.54 Å². The number of nitrogens with zero attached hydrogens (tertiary/aromatic N) is 2. The summed E-state index contributed by atoms with van der Waals surface area (Å²) in [4.78, 5) is 4.55. The normalized spacial score (nSPS) is 11.4. The summed E-state index contributed by atoms with van der Waals surface area (Å²) in [5.41, 5.74) is 2.39. The number of hydrogen-bond donors (Lipinski definition) is 2.